The number of likely N-dealkylation sites (tertiary alicyclic amines) is 1. The summed E-state index contributed by atoms with van der Waals surface area (Å²) < 4.78 is 5.13. The van der Waals surface area contributed by atoms with Crippen LogP contribution in [0.2, 0.25) is 0 Å². The molecule has 2 amide bonds. The molecule has 148 valence electrons. The number of amides is 2. The third kappa shape index (κ3) is 5.02. The van der Waals surface area contributed by atoms with E-state index in [1.54, 1.807) is 0 Å². The minimum atomic E-state index is -0.0574. The number of nitrogens with zero attached hydrogens (tertiary/aromatic N) is 1. The lowest BCUT2D eigenvalue weighted by atomic mass is 9.82. The van der Waals surface area contributed by atoms with Crippen molar-refractivity contribution < 1.29 is 14.3 Å². The highest BCUT2D eigenvalue weighted by atomic mass is 16.5. The summed E-state index contributed by atoms with van der Waals surface area (Å²) >= 11 is 0. The predicted octanol–water partition coefficient (Wildman–Crippen LogP) is 4.21. The number of nitrogens with one attached hydrogen (secondary N) is 1. The van der Waals surface area contributed by atoms with Gasteiger partial charge in [-0.25, -0.2) is 4.79 Å². The third-order valence-electron chi connectivity index (χ3n) is 5.95. The van der Waals surface area contributed by atoms with Crippen molar-refractivity contribution in [1.82, 2.24) is 10.2 Å². The summed E-state index contributed by atoms with van der Waals surface area (Å²) in [7, 11) is 0. The van der Waals surface area contributed by atoms with Gasteiger partial charge in [0, 0.05) is 13.1 Å². The second-order valence-corrected chi connectivity index (χ2v) is 7.92. The molecular formula is C22H32N2O3. The van der Waals surface area contributed by atoms with Crippen LogP contribution in [0.5, 0.6) is 0 Å². The molecule has 5 nitrogen and oxygen atoms in total. The fourth-order valence-corrected chi connectivity index (χ4v) is 4.43. The highest BCUT2D eigenvalue weighted by Gasteiger charge is 2.31. The minimum Gasteiger partial charge on any atom is -0.466 e. The predicted molar refractivity (Wildman–Crippen MR) is 105 cm³/mol. The molecule has 5 heteroatoms. The van der Waals surface area contributed by atoms with Crippen molar-refractivity contribution in [2.45, 2.75) is 58.4 Å². The summed E-state index contributed by atoms with van der Waals surface area (Å²) in [6.45, 7) is 5.91. The molecule has 0 unspecified atom stereocenters. The zero-order chi connectivity index (χ0) is 19.2. The fraction of sp³-hybridized carbons (Fsp3) is 0.636. The second kappa shape index (κ2) is 9.25. The maximum atomic E-state index is 12.8. The molecule has 1 aliphatic heterocycles. The Bertz CT molecular complexity index is 653. The Hall–Kier alpha value is -2.04. The first-order valence-corrected chi connectivity index (χ1v) is 10.4. The smallest absolute Gasteiger partial charge is 0.317 e. The van der Waals surface area contributed by atoms with E-state index in [4.69, 9.17) is 4.74 Å². The van der Waals surface area contributed by atoms with Gasteiger partial charge in [-0.15, -0.1) is 0 Å². The van der Waals surface area contributed by atoms with Crippen LogP contribution < -0.4 is 5.32 Å². The van der Waals surface area contributed by atoms with Gasteiger partial charge in [0.05, 0.1) is 18.6 Å². The van der Waals surface area contributed by atoms with Gasteiger partial charge in [-0.1, -0.05) is 29.8 Å². The first-order chi connectivity index (χ1) is 13.1. The van der Waals surface area contributed by atoms with Crippen LogP contribution in [0.1, 0.15) is 62.6 Å². The van der Waals surface area contributed by atoms with Crippen LogP contribution in [0.25, 0.3) is 0 Å². The Balaban J connectivity index is 1.47. The van der Waals surface area contributed by atoms with Gasteiger partial charge in [-0.05, 0) is 63.9 Å². The van der Waals surface area contributed by atoms with E-state index >= 15 is 0 Å². The Kier molecular flexibility index (Phi) is 6.75. The summed E-state index contributed by atoms with van der Waals surface area (Å²) in [5, 5.41) is 3.15. The average Bonchev–Trinajstić information content (AvgIpc) is 3.17. The molecule has 1 aromatic rings. The fourth-order valence-electron chi connectivity index (χ4n) is 4.43. The minimum absolute atomic E-state index is 0.0428. The van der Waals surface area contributed by atoms with Crippen molar-refractivity contribution >= 4 is 12.0 Å². The van der Waals surface area contributed by atoms with E-state index in [1.165, 1.54) is 11.1 Å². The largest absolute Gasteiger partial charge is 0.466 e. The normalized spacial score (nSPS) is 25.3. The van der Waals surface area contributed by atoms with Crippen LogP contribution >= 0.6 is 0 Å². The highest BCUT2D eigenvalue weighted by Crippen LogP contribution is 2.33. The van der Waals surface area contributed by atoms with Gasteiger partial charge < -0.3 is 15.0 Å². The van der Waals surface area contributed by atoms with Gasteiger partial charge in [-0.2, -0.15) is 0 Å². The lowest BCUT2D eigenvalue weighted by Gasteiger charge is -2.29. The molecule has 1 atom stereocenters. The number of rotatable bonds is 5. The summed E-state index contributed by atoms with van der Waals surface area (Å²) in [6, 6.07) is 8.71. The number of hydrogen-bond donors (Lipinski definition) is 1. The Morgan fingerprint density at radius 2 is 1.96 bits per heavy atom. The van der Waals surface area contributed by atoms with Gasteiger partial charge in [-0.3, -0.25) is 4.79 Å². The molecule has 0 aromatic heterocycles. The van der Waals surface area contributed by atoms with E-state index in [0.29, 0.717) is 19.1 Å². The third-order valence-corrected chi connectivity index (χ3v) is 5.95. The summed E-state index contributed by atoms with van der Waals surface area (Å²) in [6.07, 6.45) is 5.78. The molecule has 27 heavy (non-hydrogen) atoms. The van der Waals surface area contributed by atoms with Crippen molar-refractivity contribution in [1.29, 1.82) is 0 Å². The van der Waals surface area contributed by atoms with Crippen molar-refractivity contribution in [2.24, 2.45) is 11.8 Å². The molecule has 1 aliphatic carbocycles. The second-order valence-electron chi connectivity index (χ2n) is 7.92. The van der Waals surface area contributed by atoms with Crippen LogP contribution in [-0.4, -0.2) is 36.6 Å². The molecular weight excluding hydrogens is 340 g/mol. The Morgan fingerprint density at radius 3 is 2.67 bits per heavy atom. The van der Waals surface area contributed by atoms with Crippen molar-refractivity contribution in [3.63, 3.8) is 0 Å². The number of carbonyl (C=O) groups is 2. The van der Waals surface area contributed by atoms with E-state index in [2.05, 4.69) is 36.5 Å². The van der Waals surface area contributed by atoms with Crippen LogP contribution in [0.15, 0.2) is 24.3 Å². The quantitative estimate of drug-likeness (QED) is 0.788. The number of ether oxygens (including phenoxy) is 1. The van der Waals surface area contributed by atoms with Gasteiger partial charge in [0.2, 0.25) is 0 Å². The van der Waals surface area contributed by atoms with Crippen LogP contribution in [0, 0.1) is 18.8 Å². The van der Waals surface area contributed by atoms with E-state index in [-0.39, 0.29) is 24.0 Å². The Labute approximate surface area is 162 Å². The van der Waals surface area contributed by atoms with Crippen molar-refractivity contribution in [3.05, 3.63) is 35.4 Å². The molecule has 2 aliphatic rings. The van der Waals surface area contributed by atoms with Crippen LogP contribution in [0.3, 0.4) is 0 Å². The van der Waals surface area contributed by atoms with Crippen molar-refractivity contribution in [3.8, 4) is 0 Å². The maximum absolute atomic E-state index is 12.8. The van der Waals surface area contributed by atoms with Gasteiger partial charge >= 0.3 is 12.0 Å². The van der Waals surface area contributed by atoms with E-state index in [0.717, 1.165) is 45.1 Å². The number of carbonyl (C=O) groups excluding carboxylic acids is 2. The number of urea groups is 1. The molecule has 1 saturated heterocycles. The average molecular weight is 373 g/mol. The SMILES string of the molecule is CCOC(=O)C1CCC(CNC(=O)N2CCC[C@@H]2c2cccc(C)c2)CC1. The molecule has 1 heterocycles. The zero-order valence-electron chi connectivity index (χ0n) is 16.6. The highest BCUT2D eigenvalue weighted by molar-refractivity contribution is 5.75. The molecule has 1 saturated carbocycles. The lowest BCUT2D eigenvalue weighted by molar-refractivity contribution is -0.149. The van der Waals surface area contributed by atoms with Gasteiger partial charge in [0.1, 0.15) is 0 Å². The number of esters is 1. The molecule has 0 spiro atoms. The van der Waals surface area contributed by atoms with Crippen LogP contribution in [0.4, 0.5) is 4.79 Å². The summed E-state index contributed by atoms with van der Waals surface area (Å²) in [4.78, 5) is 26.6. The summed E-state index contributed by atoms with van der Waals surface area (Å²) in [5.74, 6) is 0.443. The zero-order valence-corrected chi connectivity index (χ0v) is 16.6. The maximum Gasteiger partial charge on any atom is 0.317 e. The lowest BCUT2D eigenvalue weighted by Crippen LogP contribution is -2.42. The van der Waals surface area contributed by atoms with Crippen LogP contribution in [-0.2, 0) is 9.53 Å². The topological polar surface area (TPSA) is 58.6 Å². The molecule has 2 fully saturated rings. The number of aryl methyl sites for hydroxylation is 1. The molecule has 1 N–H and O–H groups in total. The monoisotopic (exact) mass is 372 g/mol. The molecule has 0 radical (unpaired) electrons. The van der Waals surface area contributed by atoms with Gasteiger partial charge in [0.15, 0.2) is 0 Å². The molecule has 3 rings (SSSR count). The van der Waals surface area contributed by atoms with E-state index in [9.17, 15) is 9.59 Å². The standard InChI is InChI=1S/C22H32N2O3/c1-3-27-21(25)18-11-9-17(10-12-18)15-23-22(26)24-13-5-8-20(24)19-7-4-6-16(2)14-19/h4,6-7,14,17-18,20H,3,5,8-13,15H2,1-2H3,(H,23,26)/t17?,18?,20-/m1/s1. The van der Waals surface area contributed by atoms with Crippen molar-refractivity contribution in [2.75, 3.05) is 19.7 Å². The first kappa shape index (κ1) is 19.7. The number of benzene rings is 1. The summed E-state index contributed by atoms with van der Waals surface area (Å²) in [5.41, 5.74) is 2.47. The molecule has 0 bridgehead atoms. The number of hydrogen-bond acceptors (Lipinski definition) is 3. The Morgan fingerprint density at radius 1 is 1.19 bits per heavy atom. The van der Waals surface area contributed by atoms with E-state index < -0.39 is 0 Å². The van der Waals surface area contributed by atoms with Gasteiger partial charge in [0.25, 0.3) is 0 Å². The first-order valence-electron chi connectivity index (χ1n) is 10.4. The van der Waals surface area contributed by atoms with E-state index in [1.807, 2.05) is 11.8 Å². The molecule has 1 aromatic carbocycles.